The van der Waals surface area contributed by atoms with Gasteiger partial charge in [0, 0.05) is 16.3 Å². The first-order valence-corrected chi connectivity index (χ1v) is 7.87. The van der Waals surface area contributed by atoms with Crippen molar-refractivity contribution in [3.8, 4) is 0 Å². The number of carbonyl (C=O) groups is 2. The number of hydrogen-bond donors (Lipinski definition) is 3. The highest BCUT2D eigenvalue weighted by Gasteiger charge is 2.14. The fraction of sp³-hybridized carbons (Fsp3) is 0.222. The predicted molar refractivity (Wildman–Crippen MR) is 96.2 cm³/mol. The van der Waals surface area contributed by atoms with Crippen molar-refractivity contribution in [1.29, 1.82) is 0 Å². The van der Waals surface area contributed by atoms with E-state index in [1.54, 1.807) is 36.4 Å². The lowest BCUT2D eigenvalue weighted by molar-refractivity contribution is 0.0938. The van der Waals surface area contributed by atoms with Gasteiger partial charge in [0.1, 0.15) is 0 Å². The standard InChI is InChI=1S/C18H20ClN3O2/c1-18(2,3)13-6-4-12(5-7-13)16(23)21-22-17(24)20-15-10-8-14(19)9-11-15/h4-11H,1-3H3,(H,21,23)(H2,20,22,24). The van der Waals surface area contributed by atoms with E-state index in [0.29, 0.717) is 16.3 Å². The van der Waals surface area contributed by atoms with Crippen LogP contribution in [-0.4, -0.2) is 11.9 Å². The van der Waals surface area contributed by atoms with E-state index in [1.165, 1.54) is 0 Å². The molecule has 2 rings (SSSR count). The molecule has 0 aliphatic rings. The van der Waals surface area contributed by atoms with E-state index >= 15 is 0 Å². The Balaban J connectivity index is 1.88. The molecule has 0 radical (unpaired) electrons. The maximum atomic E-state index is 12.0. The van der Waals surface area contributed by atoms with Crippen molar-refractivity contribution < 1.29 is 9.59 Å². The van der Waals surface area contributed by atoms with E-state index in [1.807, 2.05) is 12.1 Å². The minimum atomic E-state index is -0.544. The summed E-state index contributed by atoms with van der Waals surface area (Å²) in [7, 11) is 0. The maximum absolute atomic E-state index is 12.0. The van der Waals surface area contributed by atoms with E-state index in [9.17, 15) is 9.59 Å². The topological polar surface area (TPSA) is 70.2 Å². The molecule has 0 aliphatic heterocycles. The Morgan fingerprint density at radius 1 is 0.875 bits per heavy atom. The molecule has 0 saturated heterocycles. The van der Waals surface area contributed by atoms with Crippen molar-refractivity contribution in [3.63, 3.8) is 0 Å². The van der Waals surface area contributed by atoms with Crippen LogP contribution in [0.3, 0.4) is 0 Å². The lowest BCUT2D eigenvalue weighted by atomic mass is 9.87. The van der Waals surface area contributed by atoms with Gasteiger partial charge in [0.15, 0.2) is 0 Å². The summed E-state index contributed by atoms with van der Waals surface area (Å²) < 4.78 is 0. The molecule has 3 amide bonds. The molecule has 0 heterocycles. The van der Waals surface area contributed by atoms with Crippen molar-refractivity contribution >= 4 is 29.2 Å². The van der Waals surface area contributed by atoms with Crippen LogP contribution in [0.2, 0.25) is 5.02 Å². The number of hydrogen-bond acceptors (Lipinski definition) is 2. The first-order chi connectivity index (χ1) is 11.3. The van der Waals surface area contributed by atoms with Crippen LogP contribution >= 0.6 is 11.6 Å². The smallest absolute Gasteiger partial charge is 0.307 e. The first-order valence-electron chi connectivity index (χ1n) is 7.49. The molecule has 0 fully saturated rings. The zero-order chi connectivity index (χ0) is 17.7. The first kappa shape index (κ1) is 17.8. The lowest BCUT2D eigenvalue weighted by Gasteiger charge is -2.19. The summed E-state index contributed by atoms with van der Waals surface area (Å²) in [5, 5.41) is 3.16. The van der Waals surface area contributed by atoms with Gasteiger partial charge in [0.25, 0.3) is 5.91 Å². The Hall–Kier alpha value is -2.53. The number of hydrazine groups is 1. The summed E-state index contributed by atoms with van der Waals surface area (Å²) in [6.07, 6.45) is 0. The zero-order valence-electron chi connectivity index (χ0n) is 13.8. The molecule has 0 aromatic heterocycles. The Bertz CT molecular complexity index is 719. The van der Waals surface area contributed by atoms with Gasteiger partial charge in [-0.25, -0.2) is 10.2 Å². The van der Waals surface area contributed by atoms with Crippen LogP contribution in [0.5, 0.6) is 0 Å². The van der Waals surface area contributed by atoms with Gasteiger partial charge in [0.2, 0.25) is 0 Å². The van der Waals surface area contributed by atoms with Crippen LogP contribution in [0.15, 0.2) is 48.5 Å². The average molecular weight is 346 g/mol. The van der Waals surface area contributed by atoms with Crippen LogP contribution < -0.4 is 16.2 Å². The molecule has 6 heteroatoms. The summed E-state index contributed by atoms with van der Waals surface area (Å²) >= 11 is 5.77. The third-order valence-electron chi connectivity index (χ3n) is 3.40. The molecular weight excluding hydrogens is 326 g/mol. The summed E-state index contributed by atoms with van der Waals surface area (Å²) in [6, 6.07) is 13.4. The maximum Gasteiger partial charge on any atom is 0.337 e. The number of benzene rings is 2. The van der Waals surface area contributed by atoms with Gasteiger partial charge in [-0.2, -0.15) is 0 Å². The van der Waals surface area contributed by atoms with Crippen LogP contribution in [-0.2, 0) is 5.41 Å². The summed E-state index contributed by atoms with van der Waals surface area (Å²) in [4.78, 5) is 23.8. The van der Waals surface area contributed by atoms with Gasteiger partial charge in [-0.1, -0.05) is 44.5 Å². The Morgan fingerprint density at radius 3 is 2.00 bits per heavy atom. The van der Waals surface area contributed by atoms with Crippen LogP contribution in [0.4, 0.5) is 10.5 Å². The highest BCUT2D eigenvalue weighted by atomic mass is 35.5. The van der Waals surface area contributed by atoms with E-state index < -0.39 is 6.03 Å². The zero-order valence-corrected chi connectivity index (χ0v) is 14.6. The van der Waals surface area contributed by atoms with E-state index in [4.69, 9.17) is 11.6 Å². The fourth-order valence-corrected chi connectivity index (χ4v) is 2.13. The Kier molecular flexibility index (Phi) is 5.46. The van der Waals surface area contributed by atoms with E-state index in [-0.39, 0.29) is 11.3 Å². The minimum Gasteiger partial charge on any atom is -0.307 e. The number of amides is 3. The molecule has 0 bridgehead atoms. The third kappa shape index (κ3) is 4.99. The van der Waals surface area contributed by atoms with Crippen molar-refractivity contribution in [2.45, 2.75) is 26.2 Å². The van der Waals surface area contributed by atoms with Gasteiger partial charge >= 0.3 is 6.03 Å². The summed E-state index contributed by atoms with van der Waals surface area (Å²) in [5.41, 5.74) is 6.86. The highest BCUT2D eigenvalue weighted by molar-refractivity contribution is 6.30. The van der Waals surface area contributed by atoms with Crippen LogP contribution in [0.25, 0.3) is 0 Å². The lowest BCUT2D eigenvalue weighted by Crippen LogP contribution is -2.43. The highest BCUT2D eigenvalue weighted by Crippen LogP contribution is 2.22. The number of halogens is 1. The SMILES string of the molecule is CC(C)(C)c1ccc(C(=O)NNC(=O)Nc2ccc(Cl)cc2)cc1. The normalized spacial score (nSPS) is 10.8. The van der Waals surface area contributed by atoms with Crippen molar-refractivity contribution in [3.05, 3.63) is 64.7 Å². The average Bonchev–Trinajstić information content (AvgIpc) is 2.54. The second-order valence-electron chi connectivity index (χ2n) is 6.37. The molecule has 0 saturated carbocycles. The number of rotatable bonds is 2. The van der Waals surface area contributed by atoms with E-state index in [2.05, 4.69) is 36.9 Å². The van der Waals surface area contributed by atoms with Gasteiger partial charge < -0.3 is 5.32 Å². The fourth-order valence-electron chi connectivity index (χ4n) is 2.00. The van der Waals surface area contributed by atoms with Gasteiger partial charge in [-0.15, -0.1) is 0 Å². The number of carbonyl (C=O) groups excluding carboxylic acids is 2. The predicted octanol–water partition coefficient (Wildman–Crippen LogP) is 4.10. The van der Waals surface area contributed by atoms with Gasteiger partial charge in [-0.05, 0) is 47.4 Å². The van der Waals surface area contributed by atoms with E-state index in [0.717, 1.165) is 5.56 Å². The molecule has 126 valence electrons. The van der Waals surface area contributed by atoms with Crippen molar-refractivity contribution in [1.82, 2.24) is 10.9 Å². The second kappa shape index (κ2) is 7.36. The number of anilines is 1. The molecule has 3 N–H and O–H groups in total. The Morgan fingerprint density at radius 2 is 1.46 bits per heavy atom. The molecule has 0 atom stereocenters. The molecule has 0 aliphatic carbocycles. The molecule has 0 spiro atoms. The summed E-state index contributed by atoms with van der Waals surface area (Å²) in [5.74, 6) is -0.387. The summed E-state index contributed by atoms with van der Waals surface area (Å²) in [6.45, 7) is 6.31. The molecule has 2 aromatic rings. The van der Waals surface area contributed by atoms with Crippen LogP contribution in [0, 0.1) is 0 Å². The quantitative estimate of drug-likeness (QED) is 0.717. The molecule has 5 nitrogen and oxygen atoms in total. The molecule has 0 unspecified atom stereocenters. The molecule has 24 heavy (non-hydrogen) atoms. The van der Waals surface area contributed by atoms with Gasteiger partial charge in [-0.3, -0.25) is 10.2 Å². The van der Waals surface area contributed by atoms with Crippen molar-refractivity contribution in [2.24, 2.45) is 0 Å². The monoisotopic (exact) mass is 345 g/mol. The molecular formula is C18H20ClN3O2. The van der Waals surface area contributed by atoms with Crippen molar-refractivity contribution in [2.75, 3.05) is 5.32 Å². The Labute approximate surface area is 146 Å². The minimum absolute atomic E-state index is 0.0196. The van der Waals surface area contributed by atoms with Crippen LogP contribution in [0.1, 0.15) is 36.7 Å². The number of nitrogens with one attached hydrogen (secondary N) is 3. The second-order valence-corrected chi connectivity index (χ2v) is 6.80. The van der Waals surface area contributed by atoms with Gasteiger partial charge in [0.05, 0.1) is 0 Å². The largest absolute Gasteiger partial charge is 0.337 e. The third-order valence-corrected chi connectivity index (χ3v) is 3.66. The molecule has 2 aromatic carbocycles. The number of urea groups is 1.